The van der Waals surface area contributed by atoms with Crippen molar-refractivity contribution in [2.24, 2.45) is 0 Å². The van der Waals surface area contributed by atoms with Crippen molar-refractivity contribution in [2.75, 3.05) is 0 Å². The van der Waals surface area contributed by atoms with Crippen LogP contribution in [-0.2, 0) is 12.8 Å². The van der Waals surface area contributed by atoms with E-state index in [-0.39, 0.29) is 6.42 Å². The smallest absolute Gasteiger partial charge is 0.234 e. The number of fused-ring (bicyclic) bond motifs is 1. The lowest BCUT2D eigenvalue weighted by molar-refractivity contribution is 0.392. The Kier molecular flexibility index (Phi) is 3.79. The van der Waals surface area contributed by atoms with Crippen LogP contribution in [0.2, 0.25) is 0 Å². The minimum Gasteiger partial charge on any atom is -0.361 e. The fourth-order valence-electron chi connectivity index (χ4n) is 2.68. The number of aryl methyl sites for hydroxylation is 2. The third kappa shape index (κ3) is 3.02. The van der Waals surface area contributed by atoms with Gasteiger partial charge in [0.15, 0.2) is 5.82 Å². The van der Waals surface area contributed by atoms with Gasteiger partial charge in [0, 0.05) is 24.5 Å². The molecule has 9 heteroatoms. The van der Waals surface area contributed by atoms with Crippen molar-refractivity contribution in [3.05, 3.63) is 63.2 Å². The standard InChI is InChI=1S/C16H13F2N5OS/c1-8-13(9(2)24-22-8)7-15-21-23-14(19-20-16(23)25-15)5-10-3-11(17)6-12(18)4-10/h3-4,6H,5,7H2,1-2H3. The molecule has 6 nitrogen and oxygen atoms in total. The zero-order chi connectivity index (χ0) is 17.6. The molecule has 25 heavy (non-hydrogen) atoms. The molecule has 4 aromatic rings. The predicted octanol–water partition coefficient (Wildman–Crippen LogP) is 3.25. The second kappa shape index (κ2) is 5.99. The van der Waals surface area contributed by atoms with Crippen molar-refractivity contribution >= 4 is 16.3 Å². The van der Waals surface area contributed by atoms with Gasteiger partial charge in [-0.05, 0) is 31.5 Å². The van der Waals surface area contributed by atoms with E-state index in [1.165, 1.54) is 23.5 Å². The van der Waals surface area contributed by atoms with Crippen LogP contribution >= 0.6 is 11.3 Å². The van der Waals surface area contributed by atoms with Crippen molar-refractivity contribution in [1.82, 2.24) is 25.0 Å². The number of halogens is 2. The highest BCUT2D eigenvalue weighted by atomic mass is 32.1. The molecule has 0 bridgehead atoms. The Balaban J connectivity index is 1.64. The lowest BCUT2D eigenvalue weighted by Gasteiger charge is -2.00. The molecule has 0 saturated heterocycles. The highest BCUT2D eigenvalue weighted by Crippen LogP contribution is 2.22. The largest absolute Gasteiger partial charge is 0.361 e. The molecule has 0 N–H and O–H groups in total. The first kappa shape index (κ1) is 15.8. The maximum Gasteiger partial charge on any atom is 0.234 e. The lowest BCUT2D eigenvalue weighted by Crippen LogP contribution is -2.00. The Labute approximate surface area is 145 Å². The fraction of sp³-hybridized carbons (Fsp3) is 0.250. The molecule has 0 atom stereocenters. The molecule has 0 aliphatic carbocycles. The second-order valence-corrected chi connectivity index (χ2v) is 6.78. The SMILES string of the molecule is Cc1noc(C)c1Cc1nn2c(Cc3cc(F)cc(F)c3)nnc2s1. The van der Waals surface area contributed by atoms with Gasteiger partial charge in [-0.25, -0.2) is 8.78 Å². The van der Waals surface area contributed by atoms with E-state index in [0.717, 1.165) is 28.1 Å². The van der Waals surface area contributed by atoms with Crippen LogP contribution in [0, 0.1) is 25.5 Å². The van der Waals surface area contributed by atoms with E-state index in [9.17, 15) is 8.78 Å². The molecule has 0 spiro atoms. The van der Waals surface area contributed by atoms with E-state index in [1.54, 1.807) is 4.52 Å². The van der Waals surface area contributed by atoms with Gasteiger partial charge in [0.05, 0.1) is 5.69 Å². The first-order valence-electron chi connectivity index (χ1n) is 7.56. The maximum atomic E-state index is 13.4. The van der Waals surface area contributed by atoms with Crippen molar-refractivity contribution in [3.63, 3.8) is 0 Å². The van der Waals surface area contributed by atoms with Crippen LogP contribution in [0.1, 0.15) is 33.4 Å². The molecule has 0 amide bonds. The summed E-state index contributed by atoms with van der Waals surface area (Å²) < 4.78 is 33.5. The molecule has 0 unspecified atom stereocenters. The van der Waals surface area contributed by atoms with Gasteiger partial charge in [0.2, 0.25) is 4.96 Å². The molecule has 128 valence electrons. The number of rotatable bonds is 4. The van der Waals surface area contributed by atoms with E-state index in [0.29, 0.717) is 22.8 Å². The molecule has 0 aliphatic rings. The molecule has 3 heterocycles. The topological polar surface area (TPSA) is 69.1 Å². The first-order chi connectivity index (χ1) is 12.0. The van der Waals surface area contributed by atoms with E-state index in [4.69, 9.17) is 4.52 Å². The summed E-state index contributed by atoms with van der Waals surface area (Å²) in [6.07, 6.45) is 0.827. The summed E-state index contributed by atoms with van der Waals surface area (Å²) in [6, 6.07) is 3.40. The number of aromatic nitrogens is 5. The van der Waals surface area contributed by atoms with Crippen LogP contribution in [0.3, 0.4) is 0 Å². The molecule has 0 aliphatic heterocycles. The molecule has 0 radical (unpaired) electrons. The summed E-state index contributed by atoms with van der Waals surface area (Å²) in [7, 11) is 0. The maximum absolute atomic E-state index is 13.4. The third-order valence-corrected chi connectivity index (χ3v) is 4.79. The molecular formula is C16H13F2N5OS. The van der Waals surface area contributed by atoms with Gasteiger partial charge in [0.25, 0.3) is 0 Å². The quantitative estimate of drug-likeness (QED) is 0.558. The van der Waals surface area contributed by atoms with Gasteiger partial charge < -0.3 is 4.52 Å². The van der Waals surface area contributed by atoms with Crippen LogP contribution in [-0.4, -0.2) is 25.0 Å². The average Bonchev–Trinajstić information content (AvgIpc) is 3.19. The average molecular weight is 361 g/mol. The summed E-state index contributed by atoms with van der Waals surface area (Å²) in [6.45, 7) is 3.75. The van der Waals surface area contributed by atoms with Gasteiger partial charge in [-0.15, -0.1) is 10.2 Å². The molecule has 0 fully saturated rings. The number of hydrogen-bond acceptors (Lipinski definition) is 6. The van der Waals surface area contributed by atoms with Crippen molar-refractivity contribution in [3.8, 4) is 0 Å². The molecule has 4 rings (SSSR count). The third-order valence-electron chi connectivity index (χ3n) is 3.89. The Bertz CT molecular complexity index is 1030. The summed E-state index contributed by atoms with van der Waals surface area (Å²) >= 11 is 1.41. The summed E-state index contributed by atoms with van der Waals surface area (Å²) in [5.41, 5.74) is 2.31. The summed E-state index contributed by atoms with van der Waals surface area (Å²) in [5.74, 6) is 0.0569. The van der Waals surface area contributed by atoms with E-state index in [1.807, 2.05) is 13.8 Å². The highest BCUT2D eigenvalue weighted by molar-refractivity contribution is 7.16. The van der Waals surface area contributed by atoms with Gasteiger partial charge >= 0.3 is 0 Å². The van der Waals surface area contributed by atoms with Crippen LogP contribution < -0.4 is 0 Å². The van der Waals surface area contributed by atoms with Gasteiger partial charge in [-0.2, -0.15) is 9.61 Å². The van der Waals surface area contributed by atoms with Gasteiger partial charge in [0.1, 0.15) is 22.4 Å². The predicted molar refractivity (Wildman–Crippen MR) is 86.6 cm³/mol. The Morgan fingerprint density at radius 3 is 2.52 bits per heavy atom. The van der Waals surface area contributed by atoms with Gasteiger partial charge in [-0.1, -0.05) is 16.5 Å². The summed E-state index contributed by atoms with van der Waals surface area (Å²) in [5, 5.41) is 17.5. The zero-order valence-electron chi connectivity index (χ0n) is 13.5. The second-order valence-electron chi connectivity index (χ2n) is 5.74. The van der Waals surface area contributed by atoms with Crippen LogP contribution in [0.25, 0.3) is 4.96 Å². The Morgan fingerprint density at radius 1 is 1.08 bits per heavy atom. The molecule has 1 aromatic carbocycles. The lowest BCUT2D eigenvalue weighted by atomic mass is 10.1. The van der Waals surface area contributed by atoms with E-state index >= 15 is 0 Å². The Hall–Kier alpha value is -2.68. The number of benzene rings is 1. The minimum absolute atomic E-state index is 0.240. The molecular weight excluding hydrogens is 348 g/mol. The molecule has 0 saturated carbocycles. The van der Waals surface area contributed by atoms with E-state index in [2.05, 4.69) is 20.5 Å². The van der Waals surface area contributed by atoms with Crippen LogP contribution in [0.5, 0.6) is 0 Å². The highest BCUT2D eigenvalue weighted by Gasteiger charge is 2.16. The summed E-state index contributed by atoms with van der Waals surface area (Å²) in [4.78, 5) is 0.633. The Morgan fingerprint density at radius 2 is 1.84 bits per heavy atom. The monoisotopic (exact) mass is 361 g/mol. The van der Waals surface area contributed by atoms with E-state index < -0.39 is 11.6 Å². The van der Waals surface area contributed by atoms with Crippen molar-refractivity contribution in [1.29, 1.82) is 0 Å². The molecule has 3 aromatic heterocycles. The van der Waals surface area contributed by atoms with Crippen molar-refractivity contribution < 1.29 is 13.3 Å². The minimum atomic E-state index is -0.617. The number of hydrogen-bond donors (Lipinski definition) is 0. The van der Waals surface area contributed by atoms with Crippen LogP contribution in [0.4, 0.5) is 8.78 Å². The fourth-order valence-corrected chi connectivity index (χ4v) is 3.54. The first-order valence-corrected chi connectivity index (χ1v) is 8.38. The van der Waals surface area contributed by atoms with Crippen molar-refractivity contribution in [2.45, 2.75) is 26.7 Å². The van der Waals surface area contributed by atoms with Crippen LogP contribution in [0.15, 0.2) is 22.7 Å². The van der Waals surface area contributed by atoms with Gasteiger partial charge in [-0.3, -0.25) is 0 Å². The number of nitrogens with zero attached hydrogens (tertiary/aromatic N) is 5. The normalized spacial score (nSPS) is 11.5. The zero-order valence-corrected chi connectivity index (χ0v) is 14.3.